The SMILES string of the molecule is COC(=O)[C@@H]1CCCN2C(=O)CC[C@H](NC(=O)c3ccccc3)C(=O)N12. The largest absolute Gasteiger partial charge is 0.467 e. The number of hydrogen-bond donors (Lipinski definition) is 1. The number of ether oxygens (including phenoxy) is 1. The summed E-state index contributed by atoms with van der Waals surface area (Å²) in [5.41, 5.74) is 0.427. The molecule has 0 aliphatic carbocycles. The van der Waals surface area contributed by atoms with Gasteiger partial charge in [-0.1, -0.05) is 18.2 Å². The van der Waals surface area contributed by atoms with Crippen molar-refractivity contribution < 1.29 is 23.9 Å². The maximum Gasteiger partial charge on any atom is 0.330 e. The van der Waals surface area contributed by atoms with E-state index in [0.717, 1.165) is 0 Å². The molecule has 1 aromatic rings. The average molecular weight is 359 g/mol. The van der Waals surface area contributed by atoms with Crippen LogP contribution in [-0.4, -0.2) is 59.4 Å². The summed E-state index contributed by atoms with van der Waals surface area (Å²) in [5.74, 6) is -1.65. The van der Waals surface area contributed by atoms with Gasteiger partial charge in [0.05, 0.1) is 7.11 Å². The molecule has 2 fully saturated rings. The van der Waals surface area contributed by atoms with Crippen LogP contribution in [0.25, 0.3) is 0 Å². The summed E-state index contributed by atoms with van der Waals surface area (Å²) in [6.45, 7) is 0.372. The van der Waals surface area contributed by atoms with Gasteiger partial charge in [0.2, 0.25) is 5.91 Å². The Hall–Kier alpha value is -2.90. The predicted molar refractivity (Wildman–Crippen MR) is 90.5 cm³/mol. The van der Waals surface area contributed by atoms with E-state index in [4.69, 9.17) is 4.74 Å². The smallest absolute Gasteiger partial charge is 0.330 e. The van der Waals surface area contributed by atoms with Crippen LogP contribution in [0.15, 0.2) is 30.3 Å². The van der Waals surface area contributed by atoms with Crippen molar-refractivity contribution in [3.8, 4) is 0 Å². The Labute approximate surface area is 151 Å². The minimum Gasteiger partial charge on any atom is -0.467 e. The summed E-state index contributed by atoms with van der Waals surface area (Å²) in [7, 11) is 1.25. The van der Waals surface area contributed by atoms with E-state index in [1.165, 1.54) is 17.1 Å². The number of rotatable bonds is 3. The molecule has 1 N–H and O–H groups in total. The second-order valence-corrected chi connectivity index (χ2v) is 6.31. The van der Waals surface area contributed by atoms with Crippen molar-refractivity contribution in [3.05, 3.63) is 35.9 Å². The number of hydrazine groups is 1. The molecule has 0 bridgehead atoms. The number of nitrogens with zero attached hydrogens (tertiary/aromatic N) is 2. The third-order valence-corrected chi connectivity index (χ3v) is 4.68. The van der Waals surface area contributed by atoms with E-state index in [-0.39, 0.29) is 18.7 Å². The zero-order valence-electron chi connectivity index (χ0n) is 14.5. The predicted octanol–water partition coefficient (Wildman–Crippen LogP) is 0.486. The fourth-order valence-corrected chi connectivity index (χ4v) is 3.35. The molecular formula is C18H21N3O5. The van der Waals surface area contributed by atoms with Crippen LogP contribution in [0.4, 0.5) is 0 Å². The van der Waals surface area contributed by atoms with E-state index in [2.05, 4.69) is 5.32 Å². The van der Waals surface area contributed by atoms with Gasteiger partial charge in [0.15, 0.2) is 6.04 Å². The zero-order chi connectivity index (χ0) is 18.7. The molecule has 0 spiro atoms. The molecule has 138 valence electrons. The lowest BCUT2D eigenvalue weighted by Gasteiger charge is -2.42. The first-order valence-electron chi connectivity index (χ1n) is 8.60. The maximum atomic E-state index is 13.0. The van der Waals surface area contributed by atoms with Gasteiger partial charge in [-0.15, -0.1) is 0 Å². The molecule has 0 radical (unpaired) electrons. The van der Waals surface area contributed by atoms with Gasteiger partial charge in [0, 0.05) is 18.5 Å². The van der Waals surface area contributed by atoms with Crippen LogP contribution < -0.4 is 5.32 Å². The lowest BCUT2D eigenvalue weighted by atomic mass is 10.1. The van der Waals surface area contributed by atoms with Gasteiger partial charge in [-0.25, -0.2) is 9.80 Å². The summed E-state index contributed by atoms with van der Waals surface area (Å²) in [5, 5.41) is 5.20. The first kappa shape index (κ1) is 17.9. The molecule has 8 nitrogen and oxygen atoms in total. The minimum atomic E-state index is -0.873. The summed E-state index contributed by atoms with van der Waals surface area (Å²) in [6, 6.07) is 6.82. The molecule has 0 saturated carbocycles. The normalized spacial score (nSPS) is 23.1. The molecule has 2 heterocycles. The Morgan fingerprint density at radius 2 is 1.88 bits per heavy atom. The number of carbonyl (C=O) groups excluding carboxylic acids is 4. The van der Waals surface area contributed by atoms with Gasteiger partial charge in [0.1, 0.15) is 6.04 Å². The molecular weight excluding hydrogens is 338 g/mol. The molecule has 26 heavy (non-hydrogen) atoms. The van der Waals surface area contributed by atoms with Crippen molar-refractivity contribution in [2.45, 2.75) is 37.8 Å². The van der Waals surface area contributed by atoms with Crippen LogP contribution in [0.3, 0.4) is 0 Å². The third-order valence-electron chi connectivity index (χ3n) is 4.68. The summed E-state index contributed by atoms with van der Waals surface area (Å²) in [6.07, 6.45) is 1.34. The summed E-state index contributed by atoms with van der Waals surface area (Å²) < 4.78 is 4.79. The van der Waals surface area contributed by atoms with Crippen molar-refractivity contribution in [3.63, 3.8) is 0 Å². The van der Waals surface area contributed by atoms with Crippen LogP contribution >= 0.6 is 0 Å². The number of nitrogens with one attached hydrogen (secondary N) is 1. The highest BCUT2D eigenvalue weighted by Gasteiger charge is 2.45. The number of hydrogen-bond acceptors (Lipinski definition) is 5. The molecule has 8 heteroatoms. The fourth-order valence-electron chi connectivity index (χ4n) is 3.35. The molecule has 0 unspecified atom stereocenters. The Balaban J connectivity index is 1.84. The average Bonchev–Trinajstić information content (AvgIpc) is 2.80. The van der Waals surface area contributed by atoms with Gasteiger partial charge >= 0.3 is 5.97 Å². The van der Waals surface area contributed by atoms with Crippen molar-refractivity contribution in [1.29, 1.82) is 0 Å². The maximum absolute atomic E-state index is 13.0. The van der Waals surface area contributed by atoms with E-state index < -0.39 is 29.9 Å². The van der Waals surface area contributed by atoms with Crippen LogP contribution in [0.2, 0.25) is 0 Å². The minimum absolute atomic E-state index is 0.121. The number of carbonyl (C=O) groups is 4. The lowest BCUT2D eigenvalue weighted by Crippen LogP contribution is -2.62. The van der Waals surface area contributed by atoms with Gasteiger partial charge in [0.25, 0.3) is 11.8 Å². The van der Waals surface area contributed by atoms with E-state index in [1.807, 2.05) is 0 Å². The summed E-state index contributed by atoms with van der Waals surface area (Å²) in [4.78, 5) is 50.0. The van der Waals surface area contributed by atoms with E-state index in [9.17, 15) is 19.2 Å². The quantitative estimate of drug-likeness (QED) is 0.792. The molecule has 3 rings (SSSR count). The molecule has 1 aromatic carbocycles. The Morgan fingerprint density at radius 3 is 2.58 bits per heavy atom. The summed E-state index contributed by atoms with van der Waals surface area (Å²) >= 11 is 0. The number of methoxy groups -OCH3 is 1. The number of esters is 1. The van der Waals surface area contributed by atoms with Crippen LogP contribution in [0.5, 0.6) is 0 Å². The molecule has 2 atom stereocenters. The number of benzene rings is 1. The highest BCUT2D eigenvalue weighted by atomic mass is 16.5. The second kappa shape index (κ2) is 7.55. The van der Waals surface area contributed by atoms with Crippen molar-refractivity contribution in [1.82, 2.24) is 15.3 Å². The molecule has 3 amide bonds. The first-order chi connectivity index (χ1) is 12.5. The van der Waals surface area contributed by atoms with Crippen LogP contribution in [0.1, 0.15) is 36.0 Å². The zero-order valence-corrected chi connectivity index (χ0v) is 14.5. The molecule has 0 aromatic heterocycles. The molecule has 2 aliphatic rings. The Kier molecular flexibility index (Phi) is 5.20. The van der Waals surface area contributed by atoms with Gasteiger partial charge in [-0.2, -0.15) is 0 Å². The highest BCUT2D eigenvalue weighted by molar-refractivity contribution is 5.99. The molecule has 2 saturated heterocycles. The fraction of sp³-hybridized carbons (Fsp3) is 0.444. The highest BCUT2D eigenvalue weighted by Crippen LogP contribution is 2.25. The van der Waals surface area contributed by atoms with Crippen molar-refractivity contribution in [2.75, 3.05) is 13.7 Å². The first-order valence-corrected chi connectivity index (χ1v) is 8.60. The van der Waals surface area contributed by atoms with Gasteiger partial charge < -0.3 is 10.1 Å². The third kappa shape index (κ3) is 3.40. The van der Waals surface area contributed by atoms with E-state index >= 15 is 0 Å². The van der Waals surface area contributed by atoms with E-state index in [0.29, 0.717) is 24.9 Å². The van der Waals surface area contributed by atoms with Crippen molar-refractivity contribution in [2.24, 2.45) is 0 Å². The second-order valence-electron chi connectivity index (χ2n) is 6.31. The van der Waals surface area contributed by atoms with Crippen LogP contribution in [0, 0.1) is 0 Å². The number of fused-ring (bicyclic) bond motifs is 1. The number of amides is 3. The monoisotopic (exact) mass is 359 g/mol. The Bertz CT molecular complexity index is 721. The van der Waals surface area contributed by atoms with E-state index in [1.54, 1.807) is 30.3 Å². The van der Waals surface area contributed by atoms with Crippen molar-refractivity contribution >= 4 is 23.7 Å². The van der Waals surface area contributed by atoms with Gasteiger partial charge in [-0.3, -0.25) is 19.4 Å². The topological polar surface area (TPSA) is 96.0 Å². The lowest BCUT2D eigenvalue weighted by molar-refractivity contribution is -0.181. The van der Waals surface area contributed by atoms with Gasteiger partial charge in [-0.05, 0) is 31.4 Å². The Morgan fingerprint density at radius 1 is 1.15 bits per heavy atom. The molecule has 2 aliphatic heterocycles. The standard InChI is InChI=1S/C18H21N3O5/c1-26-18(25)14-8-5-11-20-15(22)10-9-13(17(24)21(14)20)19-16(23)12-6-3-2-4-7-12/h2-4,6-7,13-14H,5,8-11H2,1H3,(H,19,23)/t13-,14-/m0/s1. The van der Waals surface area contributed by atoms with Crippen LogP contribution in [-0.2, 0) is 19.1 Å².